The Kier molecular flexibility index (Phi) is 5.07. The first-order valence-electron chi connectivity index (χ1n) is 10.2. The lowest BCUT2D eigenvalue weighted by Crippen LogP contribution is -2.18. The van der Waals surface area contributed by atoms with Gasteiger partial charge in [-0.1, -0.05) is 24.3 Å². The van der Waals surface area contributed by atoms with Gasteiger partial charge >= 0.3 is 5.84 Å². The molecule has 30 heavy (non-hydrogen) atoms. The van der Waals surface area contributed by atoms with Gasteiger partial charge in [-0.25, -0.2) is 0 Å². The SMILES string of the molecule is CC1=CC2=NC=C(c3ccc(OC(C)C)cc3)[N+]2=C=C1c1ccc(C(C)(C)O)cc1. The molecule has 2 aromatic rings. The highest BCUT2D eigenvalue weighted by Crippen LogP contribution is 2.30. The summed E-state index contributed by atoms with van der Waals surface area (Å²) in [5.41, 5.74) is 5.25. The number of nitrogens with zero attached hydrogens (tertiary/aromatic N) is 2. The van der Waals surface area contributed by atoms with E-state index in [0.717, 1.165) is 45.1 Å². The summed E-state index contributed by atoms with van der Waals surface area (Å²) in [4.78, 5) is 4.58. The summed E-state index contributed by atoms with van der Waals surface area (Å²) < 4.78 is 7.76. The fourth-order valence-electron chi connectivity index (χ4n) is 3.57. The number of hydrogen-bond donors (Lipinski definition) is 1. The van der Waals surface area contributed by atoms with E-state index < -0.39 is 5.60 Å². The van der Waals surface area contributed by atoms with Crippen molar-refractivity contribution in [2.45, 2.75) is 46.3 Å². The molecule has 2 heterocycles. The largest absolute Gasteiger partial charge is 0.491 e. The summed E-state index contributed by atoms with van der Waals surface area (Å²) in [6, 6.07) is 16.1. The molecule has 4 heteroatoms. The molecule has 2 aliphatic rings. The van der Waals surface area contributed by atoms with Gasteiger partial charge in [0.2, 0.25) is 0 Å². The Labute approximate surface area is 177 Å². The van der Waals surface area contributed by atoms with Crippen molar-refractivity contribution in [3.05, 3.63) is 83.1 Å². The first-order chi connectivity index (χ1) is 14.2. The van der Waals surface area contributed by atoms with Crippen molar-refractivity contribution in [1.29, 1.82) is 0 Å². The fourth-order valence-corrected chi connectivity index (χ4v) is 3.57. The molecule has 2 aromatic carbocycles. The summed E-state index contributed by atoms with van der Waals surface area (Å²) in [7, 11) is 0. The van der Waals surface area contributed by atoms with E-state index in [1.807, 2.05) is 73.2 Å². The second kappa shape index (κ2) is 7.56. The van der Waals surface area contributed by atoms with E-state index in [1.54, 1.807) is 13.8 Å². The van der Waals surface area contributed by atoms with Crippen molar-refractivity contribution in [1.82, 2.24) is 0 Å². The van der Waals surface area contributed by atoms with Gasteiger partial charge in [0, 0.05) is 11.6 Å². The van der Waals surface area contributed by atoms with Gasteiger partial charge in [-0.3, -0.25) is 0 Å². The number of rotatable bonds is 5. The lowest BCUT2D eigenvalue weighted by atomic mass is 9.93. The van der Waals surface area contributed by atoms with Crippen LogP contribution in [0.25, 0.3) is 11.3 Å². The van der Waals surface area contributed by atoms with E-state index in [4.69, 9.17) is 4.74 Å². The first kappa shape index (κ1) is 20.1. The third kappa shape index (κ3) is 3.93. The van der Waals surface area contributed by atoms with Gasteiger partial charge in [0.05, 0.1) is 23.1 Å². The highest BCUT2D eigenvalue weighted by Gasteiger charge is 2.29. The summed E-state index contributed by atoms with van der Waals surface area (Å²) >= 11 is 0. The highest BCUT2D eigenvalue weighted by molar-refractivity contribution is 6.08. The Hall–Kier alpha value is -3.20. The summed E-state index contributed by atoms with van der Waals surface area (Å²) in [5, 5.41) is 10.2. The smallest absolute Gasteiger partial charge is 0.336 e. The molecule has 0 spiro atoms. The Morgan fingerprint density at radius 3 is 2.23 bits per heavy atom. The number of fused-ring (bicyclic) bond motifs is 1. The van der Waals surface area contributed by atoms with E-state index >= 15 is 0 Å². The van der Waals surface area contributed by atoms with Crippen LogP contribution in [0.4, 0.5) is 0 Å². The van der Waals surface area contributed by atoms with Crippen molar-refractivity contribution in [2.75, 3.05) is 0 Å². The molecule has 0 saturated carbocycles. The van der Waals surface area contributed by atoms with Gasteiger partial charge in [-0.2, -0.15) is 0 Å². The lowest BCUT2D eigenvalue weighted by Gasteiger charge is -2.18. The number of aliphatic hydroxyl groups is 1. The molecule has 4 rings (SSSR count). The van der Waals surface area contributed by atoms with Crippen LogP contribution in [0.3, 0.4) is 0 Å². The number of ether oxygens (including phenoxy) is 1. The summed E-state index contributed by atoms with van der Waals surface area (Å²) in [6.07, 6.45) is 4.11. The molecule has 0 unspecified atom stereocenters. The second-order valence-electron chi connectivity index (χ2n) is 8.48. The van der Waals surface area contributed by atoms with Crippen LogP contribution in [0.15, 0.2) is 71.4 Å². The average Bonchev–Trinajstić information content (AvgIpc) is 3.09. The summed E-state index contributed by atoms with van der Waals surface area (Å²) in [5.74, 6) is 5.24. The molecule has 0 saturated heterocycles. The maximum absolute atomic E-state index is 10.2. The molecule has 4 nitrogen and oxygen atoms in total. The fraction of sp³-hybridized carbons (Fsp3) is 0.269. The zero-order valence-electron chi connectivity index (χ0n) is 18.1. The van der Waals surface area contributed by atoms with Crippen LogP contribution in [0.2, 0.25) is 0 Å². The van der Waals surface area contributed by atoms with Gasteiger partial charge < -0.3 is 9.84 Å². The first-order valence-corrected chi connectivity index (χ1v) is 10.2. The van der Waals surface area contributed by atoms with Crippen molar-refractivity contribution < 1.29 is 14.4 Å². The van der Waals surface area contributed by atoms with Crippen LogP contribution in [0.5, 0.6) is 5.75 Å². The standard InChI is InChI=1S/C26H27N2O2/c1-17(2)30-22-12-8-20(9-13-22)24-15-27-25-14-18(3)23(16-28(24)25)19-6-10-21(11-7-19)26(4,5)29/h6-15,17,29H,1-5H3/q+1. The van der Waals surface area contributed by atoms with E-state index in [-0.39, 0.29) is 6.10 Å². The quantitative estimate of drug-likeness (QED) is 0.708. The van der Waals surface area contributed by atoms with Gasteiger partial charge in [-0.15, -0.1) is 4.58 Å². The third-order valence-corrected chi connectivity index (χ3v) is 5.15. The van der Waals surface area contributed by atoms with Gasteiger partial charge in [0.15, 0.2) is 11.9 Å². The van der Waals surface area contributed by atoms with E-state index in [0.29, 0.717) is 0 Å². The minimum Gasteiger partial charge on any atom is -0.491 e. The number of amidine groups is 1. The summed E-state index contributed by atoms with van der Waals surface area (Å²) in [6.45, 7) is 9.69. The molecule has 0 aromatic heterocycles. The van der Waals surface area contributed by atoms with Crippen LogP contribution in [-0.4, -0.2) is 27.5 Å². The van der Waals surface area contributed by atoms with Crippen molar-refractivity contribution >= 4 is 23.0 Å². The molecule has 0 fully saturated rings. The average molecular weight is 400 g/mol. The zero-order chi connectivity index (χ0) is 21.5. The van der Waals surface area contributed by atoms with E-state index in [1.165, 1.54) is 0 Å². The maximum atomic E-state index is 10.2. The minimum atomic E-state index is -0.857. The normalized spacial score (nSPS) is 15.8. The molecular weight excluding hydrogens is 372 g/mol. The molecule has 1 N–H and O–H groups in total. The predicted octanol–water partition coefficient (Wildman–Crippen LogP) is 5.14. The van der Waals surface area contributed by atoms with E-state index in [9.17, 15) is 5.11 Å². The molecule has 0 aliphatic carbocycles. The Morgan fingerprint density at radius 1 is 1.00 bits per heavy atom. The lowest BCUT2D eigenvalue weighted by molar-refractivity contribution is -0.280. The molecule has 0 radical (unpaired) electrons. The number of benzene rings is 2. The van der Waals surface area contributed by atoms with E-state index in [2.05, 4.69) is 23.9 Å². The van der Waals surface area contributed by atoms with Gasteiger partial charge in [-0.05, 0) is 80.6 Å². The number of aliphatic imine (C=N–C) groups is 1. The van der Waals surface area contributed by atoms with Crippen molar-refractivity contribution in [2.24, 2.45) is 4.99 Å². The monoisotopic (exact) mass is 399 g/mol. The highest BCUT2D eigenvalue weighted by atomic mass is 16.5. The zero-order valence-corrected chi connectivity index (χ0v) is 18.1. The van der Waals surface area contributed by atoms with Crippen LogP contribution in [-0.2, 0) is 5.60 Å². The molecule has 152 valence electrons. The van der Waals surface area contributed by atoms with Gasteiger partial charge in [0.1, 0.15) is 5.75 Å². The van der Waals surface area contributed by atoms with Crippen molar-refractivity contribution in [3.63, 3.8) is 0 Å². The molecule has 0 atom stereocenters. The minimum absolute atomic E-state index is 0.147. The number of hydrogen-bond acceptors (Lipinski definition) is 3. The Balaban J connectivity index is 1.71. The molecular formula is C26H27N2O2+. The maximum Gasteiger partial charge on any atom is 0.336 e. The van der Waals surface area contributed by atoms with Crippen LogP contribution in [0, 0.1) is 0 Å². The Morgan fingerprint density at radius 2 is 1.63 bits per heavy atom. The van der Waals surface area contributed by atoms with Crippen LogP contribution >= 0.6 is 0 Å². The second-order valence-corrected chi connectivity index (χ2v) is 8.48. The van der Waals surface area contributed by atoms with Crippen molar-refractivity contribution in [3.8, 4) is 5.75 Å². The Bertz CT molecular complexity index is 1130. The third-order valence-electron chi connectivity index (χ3n) is 5.15. The van der Waals surface area contributed by atoms with Crippen LogP contribution in [0.1, 0.15) is 51.3 Å². The topological polar surface area (TPSA) is 44.8 Å². The van der Waals surface area contributed by atoms with Gasteiger partial charge in [0.25, 0.3) is 0 Å². The molecule has 2 aliphatic heterocycles. The molecule has 0 bridgehead atoms. The number of allylic oxidation sites excluding steroid dienone is 2. The predicted molar refractivity (Wildman–Crippen MR) is 122 cm³/mol. The van der Waals surface area contributed by atoms with Crippen LogP contribution < -0.4 is 4.74 Å². The molecule has 0 amide bonds.